The van der Waals surface area contributed by atoms with Gasteiger partial charge in [0.15, 0.2) is 0 Å². The average Bonchev–Trinajstić information content (AvgIpc) is 2.25. The van der Waals surface area contributed by atoms with E-state index in [4.69, 9.17) is 0 Å². The predicted molar refractivity (Wildman–Crippen MR) is 63.1 cm³/mol. The molecular formula is C12H17FN2O. The van der Waals surface area contributed by atoms with Crippen LogP contribution in [0.3, 0.4) is 0 Å². The molecule has 0 bridgehead atoms. The largest absolute Gasteiger partial charge is 0.387 e. The minimum Gasteiger partial charge on any atom is -0.387 e. The summed E-state index contributed by atoms with van der Waals surface area (Å²) >= 11 is 0. The van der Waals surface area contributed by atoms with Gasteiger partial charge in [-0.2, -0.15) is 0 Å². The van der Waals surface area contributed by atoms with Gasteiger partial charge in [0.1, 0.15) is 5.82 Å². The summed E-state index contributed by atoms with van der Waals surface area (Å²) in [7, 11) is 1.70. The minimum absolute atomic E-state index is 0.252. The molecule has 0 radical (unpaired) electrons. The molecule has 1 rings (SSSR count). The fraction of sp³-hybridized carbons (Fsp3) is 0.417. The average molecular weight is 224 g/mol. The van der Waals surface area contributed by atoms with Crippen LogP contribution in [-0.2, 0) is 0 Å². The highest BCUT2D eigenvalue weighted by molar-refractivity contribution is 5.99. The number of anilines is 1. The van der Waals surface area contributed by atoms with Crippen LogP contribution in [0, 0.1) is 11.7 Å². The van der Waals surface area contributed by atoms with E-state index in [1.807, 2.05) is 13.8 Å². The van der Waals surface area contributed by atoms with E-state index in [1.54, 1.807) is 13.1 Å². The first-order chi connectivity index (χ1) is 7.54. The van der Waals surface area contributed by atoms with Crippen molar-refractivity contribution in [1.29, 1.82) is 0 Å². The molecule has 1 aromatic carbocycles. The molecule has 16 heavy (non-hydrogen) atoms. The fourth-order valence-electron chi connectivity index (χ4n) is 1.31. The van der Waals surface area contributed by atoms with Crippen molar-refractivity contribution in [2.24, 2.45) is 5.92 Å². The maximum Gasteiger partial charge on any atom is 0.253 e. The molecule has 0 spiro atoms. The van der Waals surface area contributed by atoms with Gasteiger partial charge >= 0.3 is 0 Å². The second-order valence-corrected chi connectivity index (χ2v) is 4.04. The lowest BCUT2D eigenvalue weighted by Gasteiger charge is -2.11. The van der Waals surface area contributed by atoms with Crippen LogP contribution in [0.5, 0.6) is 0 Å². The number of carbonyl (C=O) groups excluding carboxylic acids is 1. The van der Waals surface area contributed by atoms with Crippen molar-refractivity contribution in [3.63, 3.8) is 0 Å². The lowest BCUT2D eigenvalue weighted by molar-refractivity contribution is 0.0949. The number of nitrogens with one attached hydrogen (secondary N) is 2. The van der Waals surface area contributed by atoms with E-state index < -0.39 is 5.82 Å². The van der Waals surface area contributed by atoms with Crippen molar-refractivity contribution in [2.75, 3.05) is 18.9 Å². The SMILES string of the molecule is CNc1ccc(F)cc1C(=O)NCC(C)C. The Morgan fingerprint density at radius 2 is 2.12 bits per heavy atom. The van der Waals surface area contributed by atoms with Crippen LogP contribution in [0.4, 0.5) is 10.1 Å². The first-order valence-corrected chi connectivity index (χ1v) is 5.30. The van der Waals surface area contributed by atoms with Crippen LogP contribution in [0.2, 0.25) is 0 Å². The molecule has 0 heterocycles. The monoisotopic (exact) mass is 224 g/mol. The van der Waals surface area contributed by atoms with Crippen molar-refractivity contribution in [3.8, 4) is 0 Å². The van der Waals surface area contributed by atoms with Gasteiger partial charge in [-0.3, -0.25) is 4.79 Å². The first-order valence-electron chi connectivity index (χ1n) is 5.30. The molecule has 0 saturated heterocycles. The van der Waals surface area contributed by atoms with Gasteiger partial charge in [-0.05, 0) is 24.1 Å². The molecule has 0 fully saturated rings. The molecule has 3 nitrogen and oxygen atoms in total. The number of hydrogen-bond donors (Lipinski definition) is 2. The van der Waals surface area contributed by atoms with Gasteiger partial charge in [-0.1, -0.05) is 13.8 Å². The Morgan fingerprint density at radius 3 is 2.69 bits per heavy atom. The standard InChI is InChI=1S/C12H17FN2O/c1-8(2)7-15-12(16)10-6-9(13)4-5-11(10)14-3/h4-6,8,14H,7H2,1-3H3,(H,15,16). The van der Waals surface area contributed by atoms with Crippen molar-refractivity contribution in [3.05, 3.63) is 29.6 Å². The summed E-state index contributed by atoms with van der Waals surface area (Å²) in [5.74, 6) is -0.290. The van der Waals surface area contributed by atoms with Crippen LogP contribution >= 0.6 is 0 Å². The smallest absolute Gasteiger partial charge is 0.253 e. The Morgan fingerprint density at radius 1 is 1.44 bits per heavy atom. The Kier molecular flexibility index (Phi) is 4.28. The topological polar surface area (TPSA) is 41.1 Å². The van der Waals surface area contributed by atoms with Crippen molar-refractivity contribution >= 4 is 11.6 Å². The van der Waals surface area contributed by atoms with Crippen LogP contribution in [0.15, 0.2) is 18.2 Å². The highest BCUT2D eigenvalue weighted by Crippen LogP contribution is 2.16. The number of rotatable bonds is 4. The first kappa shape index (κ1) is 12.5. The normalized spacial score (nSPS) is 10.3. The van der Waals surface area contributed by atoms with E-state index >= 15 is 0 Å². The van der Waals surface area contributed by atoms with E-state index in [9.17, 15) is 9.18 Å². The van der Waals surface area contributed by atoms with E-state index in [2.05, 4.69) is 10.6 Å². The molecule has 4 heteroatoms. The highest BCUT2D eigenvalue weighted by atomic mass is 19.1. The van der Waals surface area contributed by atoms with Crippen molar-refractivity contribution in [2.45, 2.75) is 13.8 Å². The predicted octanol–water partition coefficient (Wildman–Crippen LogP) is 2.25. The number of benzene rings is 1. The van der Waals surface area contributed by atoms with Crippen LogP contribution < -0.4 is 10.6 Å². The summed E-state index contributed by atoms with van der Waals surface area (Å²) in [5.41, 5.74) is 0.964. The number of hydrogen-bond acceptors (Lipinski definition) is 2. The summed E-state index contributed by atoms with van der Waals surface area (Å²) in [6.45, 7) is 4.59. The van der Waals surface area contributed by atoms with Crippen LogP contribution in [-0.4, -0.2) is 19.5 Å². The van der Waals surface area contributed by atoms with E-state index in [-0.39, 0.29) is 5.91 Å². The molecule has 0 aliphatic rings. The summed E-state index contributed by atoms with van der Waals surface area (Å²) in [6, 6.07) is 4.12. The quantitative estimate of drug-likeness (QED) is 0.823. The number of amides is 1. The molecule has 0 aromatic heterocycles. The molecule has 1 amide bonds. The van der Waals surface area contributed by atoms with Crippen molar-refractivity contribution in [1.82, 2.24) is 5.32 Å². The number of halogens is 1. The van der Waals surface area contributed by atoms with Gasteiger partial charge in [0, 0.05) is 19.3 Å². The molecular weight excluding hydrogens is 207 g/mol. The molecule has 88 valence electrons. The van der Waals surface area contributed by atoms with Gasteiger partial charge in [-0.15, -0.1) is 0 Å². The zero-order chi connectivity index (χ0) is 12.1. The molecule has 0 atom stereocenters. The maximum atomic E-state index is 13.0. The van der Waals surface area contributed by atoms with Gasteiger partial charge in [0.25, 0.3) is 5.91 Å². The van der Waals surface area contributed by atoms with Crippen LogP contribution in [0.25, 0.3) is 0 Å². The van der Waals surface area contributed by atoms with E-state index in [0.717, 1.165) is 0 Å². The fourth-order valence-corrected chi connectivity index (χ4v) is 1.31. The summed E-state index contributed by atoms with van der Waals surface area (Å²) < 4.78 is 13.0. The Bertz CT molecular complexity index is 377. The summed E-state index contributed by atoms with van der Waals surface area (Å²) in [4.78, 5) is 11.8. The molecule has 2 N–H and O–H groups in total. The third-order valence-corrected chi connectivity index (χ3v) is 2.17. The number of carbonyl (C=O) groups is 1. The van der Waals surface area contributed by atoms with Crippen molar-refractivity contribution < 1.29 is 9.18 Å². The third kappa shape index (κ3) is 3.22. The highest BCUT2D eigenvalue weighted by Gasteiger charge is 2.11. The van der Waals surface area contributed by atoms with Crippen LogP contribution in [0.1, 0.15) is 24.2 Å². The molecule has 0 aliphatic carbocycles. The molecule has 0 unspecified atom stereocenters. The van der Waals surface area contributed by atoms with E-state index in [0.29, 0.717) is 23.7 Å². The minimum atomic E-state index is -0.409. The Hall–Kier alpha value is -1.58. The zero-order valence-electron chi connectivity index (χ0n) is 9.80. The molecule has 0 aliphatic heterocycles. The lowest BCUT2D eigenvalue weighted by Crippen LogP contribution is -2.28. The second kappa shape index (κ2) is 5.49. The van der Waals surface area contributed by atoms with Gasteiger partial charge in [0.2, 0.25) is 0 Å². The summed E-state index contributed by atoms with van der Waals surface area (Å²) in [6.07, 6.45) is 0. The van der Waals surface area contributed by atoms with Gasteiger partial charge in [-0.25, -0.2) is 4.39 Å². The van der Waals surface area contributed by atoms with Gasteiger partial charge < -0.3 is 10.6 Å². The zero-order valence-corrected chi connectivity index (χ0v) is 9.80. The Balaban J connectivity index is 2.84. The summed E-state index contributed by atoms with van der Waals surface area (Å²) in [5, 5.41) is 5.62. The van der Waals surface area contributed by atoms with Gasteiger partial charge in [0.05, 0.1) is 5.56 Å². The molecule has 1 aromatic rings. The second-order valence-electron chi connectivity index (χ2n) is 4.04. The van der Waals surface area contributed by atoms with E-state index in [1.165, 1.54) is 12.1 Å². The lowest BCUT2D eigenvalue weighted by atomic mass is 10.1. The molecule has 0 saturated carbocycles. The maximum absolute atomic E-state index is 13.0. The third-order valence-electron chi connectivity index (χ3n) is 2.17. The Labute approximate surface area is 95.0 Å².